The van der Waals surface area contributed by atoms with E-state index in [1.54, 1.807) is 23.5 Å². The van der Waals surface area contributed by atoms with E-state index in [9.17, 15) is 9.18 Å². The van der Waals surface area contributed by atoms with Crippen molar-refractivity contribution in [2.24, 2.45) is 0 Å². The van der Waals surface area contributed by atoms with E-state index in [1.165, 1.54) is 24.0 Å². The van der Waals surface area contributed by atoms with Crippen molar-refractivity contribution >= 4 is 22.2 Å². The lowest BCUT2D eigenvalue weighted by atomic mass is 9.95. The van der Waals surface area contributed by atoms with Crippen LogP contribution in [-0.4, -0.2) is 23.9 Å². The van der Waals surface area contributed by atoms with Gasteiger partial charge in [-0.25, -0.2) is 4.39 Å². The molecular formula is C22H23FN2O2S. The molecule has 146 valence electrons. The fraction of sp³-hybridized carbons (Fsp3) is 0.318. The molecule has 1 fully saturated rings. The molecule has 2 aromatic heterocycles. The number of nitrogens with one attached hydrogen (secondary N) is 1. The summed E-state index contributed by atoms with van der Waals surface area (Å²) in [5, 5.41) is 3.88. The van der Waals surface area contributed by atoms with E-state index >= 15 is 0 Å². The normalized spacial score (nSPS) is 15.7. The highest BCUT2D eigenvalue weighted by atomic mass is 32.1. The van der Waals surface area contributed by atoms with Crippen molar-refractivity contribution < 1.29 is 13.6 Å². The van der Waals surface area contributed by atoms with Crippen LogP contribution in [0.25, 0.3) is 0 Å². The van der Waals surface area contributed by atoms with Crippen LogP contribution in [0.5, 0.6) is 0 Å². The van der Waals surface area contributed by atoms with Gasteiger partial charge in [0.25, 0.3) is 5.91 Å². The van der Waals surface area contributed by atoms with Gasteiger partial charge in [0.1, 0.15) is 10.8 Å². The third-order valence-corrected chi connectivity index (χ3v) is 6.51. The Kier molecular flexibility index (Phi) is 5.33. The molecule has 0 unspecified atom stereocenters. The molecule has 0 radical (unpaired) electrons. The number of furan rings is 1. The molecule has 1 aliphatic rings. The summed E-state index contributed by atoms with van der Waals surface area (Å²) >= 11 is 1.58. The predicted octanol–water partition coefficient (Wildman–Crippen LogP) is 5.53. The minimum absolute atomic E-state index is 0.0139. The van der Waals surface area contributed by atoms with Gasteiger partial charge in [0.15, 0.2) is 5.76 Å². The highest BCUT2D eigenvalue weighted by Gasteiger charge is 2.31. The van der Waals surface area contributed by atoms with Crippen molar-refractivity contribution in [2.45, 2.75) is 32.7 Å². The van der Waals surface area contributed by atoms with Crippen molar-refractivity contribution in [2.75, 3.05) is 18.4 Å². The third kappa shape index (κ3) is 3.62. The fourth-order valence-electron chi connectivity index (χ4n) is 3.84. The van der Waals surface area contributed by atoms with Crippen molar-refractivity contribution in [1.29, 1.82) is 0 Å². The number of carbonyl (C=O) groups excluding carboxylic acids is 1. The van der Waals surface area contributed by atoms with Gasteiger partial charge in [-0.3, -0.25) is 9.69 Å². The van der Waals surface area contributed by atoms with Crippen LogP contribution >= 0.6 is 11.3 Å². The number of likely N-dealkylation sites (tertiary alicyclic amines) is 1. The van der Waals surface area contributed by atoms with Gasteiger partial charge in [0.2, 0.25) is 0 Å². The van der Waals surface area contributed by atoms with Crippen LogP contribution in [0.1, 0.15) is 51.0 Å². The lowest BCUT2D eigenvalue weighted by molar-refractivity contribution is 0.0997. The Hall–Kier alpha value is -2.44. The summed E-state index contributed by atoms with van der Waals surface area (Å²) in [5.41, 5.74) is 3.30. The van der Waals surface area contributed by atoms with Crippen molar-refractivity contribution in [3.8, 4) is 0 Å². The molecule has 6 heteroatoms. The van der Waals surface area contributed by atoms with E-state index < -0.39 is 0 Å². The molecule has 1 N–H and O–H groups in total. The van der Waals surface area contributed by atoms with Crippen LogP contribution in [-0.2, 0) is 0 Å². The lowest BCUT2D eigenvalue weighted by Crippen LogP contribution is -2.28. The molecule has 1 atom stereocenters. The predicted molar refractivity (Wildman–Crippen MR) is 110 cm³/mol. The molecule has 1 aromatic carbocycles. The molecule has 3 heterocycles. The summed E-state index contributed by atoms with van der Waals surface area (Å²) in [4.78, 5) is 16.2. The Morgan fingerprint density at radius 2 is 1.89 bits per heavy atom. The number of rotatable bonds is 5. The average molecular weight is 399 g/mol. The molecule has 1 aliphatic heterocycles. The van der Waals surface area contributed by atoms with E-state index in [0.29, 0.717) is 0 Å². The molecule has 1 amide bonds. The molecule has 28 heavy (non-hydrogen) atoms. The van der Waals surface area contributed by atoms with Gasteiger partial charge in [-0.15, -0.1) is 11.3 Å². The maximum atomic E-state index is 13.5. The second-order valence-electron chi connectivity index (χ2n) is 7.15. The molecule has 1 saturated heterocycles. The second kappa shape index (κ2) is 7.89. The average Bonchev–Trinajstić information content (AvgIpc) is 3.43. The topological polar surface area (TPSA) is 45.5 Å². The molecule has 3 aromatic rings. The van der Waals surface area contributed by atoms with Crippen LogP contribution in [0.2, 0.25) is 0 Å². The summed E-state index contributed by atoms with van der Waals surface area (Å²) in [7, 11) is 0. The SMILES string of the molecule is Cc1sc(NC(=O)c2ccco2)c([C@H](c2ccc(F)cc2)N2CCCC2)c1C. The van der Waals surface area contributed by atoms with Gasteiger partial charge in [-0.1, -0.05) is 12.1 Å². The number of hydrogen-bond donors (Lipinski definition) is 1. The molecule has 4 rings (SSSR count). The summed E-state index contributed by atoms with van der Waals surface area (Å²) < 4.78 is 18.8. The van der Waals surface area contributed by atoms with E-state index in [2.05, 4.69) is 24.1 Å². The smallest absolute Gasteiger partial charge is 0.291 e. The standard InChI is InChI=1S/C22H23FN2O2S/c1-14-15(2)28-22(24-21(26)18-6-5-13-27-18)19(14)20(25-11-3-4-12-25)16-7-9-17(23)10-8-16/h5-10,13,20H,3-4,11-12H2,1-2H3,(H,24,26)/t20-/m0/s1. The van der Waals surface area contributed by atoms with E-state index in [4.69, 9.17) is 4.42 Å². The van der Waals surface area contributed by atoms with Crippen LogP contribution in [0.4, 0.5) is 9.39 Å². The molecule has 0 saturated carbocycles. The molecule has 0 bridgehead atoms. The highest BCUT2D eigenvalue weighted by molar-refractivity contribution is 7.16. The molecule has 0 aliphatic carbocycles. The minimum atomic E-state index is -0.258. The number of anilines is 1. The first-order valence-electron chi connectivity index (χ1n) is 9.49. The molecule has 0 spiro atoms. The van der Waals surface area contributed by atoms with Crippen molar-refractivity contribution in [3.63, 3.8) is 0 Å². The second-order valence-corrected chi connectivity index (χ2v) is 8.38. The summed E-state index contributed by atoms with van der Waals surface area (Å²) in [5.74, 6) is -0.213. The fourth-order valence-corrected chi connectivity index (χ4v) is 4.93. The first kappa shape index (κ1) is 18.9. The number of thiophene rings is 1. The summed E-state index contributed by atoms with van der Waals surface area (Å²) in [6.07, 6.45) is 3.79. The van der Waals surface area contributed by atoms with Crippen molar-refractivity contribution in [1.82, 2.24) is 4.90 Å². The number of carbonyl (C=O) groups is 1. The summed E-state index contributed by atoms with van der Waals surface area (Å²) in [6.45, 7) is 6.14. The zero-order valence-corrected chi connectivity index (χ0v) is 16.8. The zero-order valence-electron chi connectivity index (χ0n) is 16.0. The van der Waals surface area contributed by atoms with Gasteiger partial charge in [0, 0.05) is 10.4 Å². The molecular weight excluding hydrogens is 375 g/mol. The number of benzene rings is 1. The maximum Gasteiger partial charge on any atom is 0.291 e. The third-order valence-electron chi connectivity index (χ3n) is 5.37. The van der Waals surface area contributed by atoms with Gasteiger partial charge < -0.3 is 9.73 Å². The first-order valence-corrected chi connectivity index (χ1v) is 10.3. The maximum absolute atomic E-state index is 13.5. The van der Waals surface area contributed by atoms with Crippen molar-refractivity contribution in [3.05, 3.63) is 75.8 Å². The summed E-state index contributed by atoms with van der Waals surface area (Å²) in [6, 6.07) is 10.1. The first-order chi connectivity index (χ1) is 13.5. The zero-order chi connectivity index (χ0) is 19.7. The van der Waals surface area contributed by atoms with Gasteiger partial charge in [0.05, 0.1) is 12.3 Å². The van der Waals surface area contributed by atoms with Gasteiger partial charge >= 0.3 is 0 Å². The van der Waals surface area contributed by atoms with Crippen LogP contribution in [0.15, 0.2) is 47.1 Å². The Labute approximate surface area is 168 Å². The highest BCUT2D eigenvalue weighted by Crippen LogP contribution is 2.43. The quantitative estimate of drug-likeness (QED) is 0.614. The number of nitrogens with zero attached hydrogens (tertiary/aromatic N) is 1. The number of amides is 1. The van der Waals surface area contributed by atoms with Gasteiger partial charge in [-0.2, -0.15) is 0 Å². The van der Waals surface area contributed by atoms with Crippen LogP contribution in [0.3, 0.4) is 0 Å². The van der Waals surface area contributed by atoms with Crippen LogP contribution in [0, 0.1) is 19.7 Å². The van der Waals surface area contributed by atoms with E-state index in [1.807, 2.05) is 12.1 Å². The minimum Gasteiger partial charge on any atom is -0.459 e. The van der Waals surface area contributed by atoms with E-state index in [-0.39, 0.29) is 23.5 Å². The lowest BCUT2D eigenvalue weighted by Gasteiger charge is -2.29. The number of hydrogen-bond acceptors (Lipinski definition) is 4. The number of aryl methyl sites for hydroxylation is 1. The Morgan fingerprint density at radius 1 is 1.18 bits per heavy atom. The number of halogens is 1. The Bertz CT molecular complexity index is 957. The van der Waals surface area contributed by atoms with Crippen LogP contribution < -0.4 is 5.32 Å². The Balaban J connectivity index is 1.77. The molecule has 4 nitrogen and oxygen atoms in total. The van der Waals surface area contributed by atoms with E-state index in [0.717, 1.165) is 46.9 Å². The van der Waals surface area contributed by atoms with Gasteiger partial charge in [-0.05, 0) is 75.2 Å². The largest absolute Gasteiger partial charge is 0.459 e. The monoisotopic (exact) mass is 398 g/mol. The Morgan fingerprint density at radius 3 is 2.54 bits per heavy atom.